The van der Waals surface area contributed by atoms with Gasteiger partial charge in [0.25, 0.3) is 0 Å². The monoisotopic (exact) mass is 326 g/mol. The minimum absolute atomic E-state index is 0.238. The third-order valence-electron chi connectivity index (χ3n) is 2.96. The molecule has 0 aliphatic rings. The standard InChI is InChI=1S/C16H27BrN2/c1-16(2,3)18-10-5-6-11-19(4)13-14-8-7-9-15(17)12-14/h7-9,12,18H,5-6,10-11,13H2,1-4H3. The van der Waals surface area contributed by atoms with E-state index in [1.165, 1.54) is 18.4 Å². The van der Waals surface area contributed by atoms with Gasteiger partial charge in [0.1, 0.15) is 0 Å². The first kappa shape index (κ1) is 16.7. The van der Waals surface area contributed by atoms with Crippen LogP contribution in [0.3, 0.4) is 0 Å². The lowest BCUT2D eigenvalue weighted by Crippen LogP contribution is -2.36. The first-order valence-electron chi connectivity index (χ1n) is 7.05. The first-order chi connectivity index (χ1) is 8.87. The molecule has 0 saturated carbocycles. The van der Waals surface area contributed by atoms with E-state index in [-0.39, 0.29) is 5.54 Å². The fourth-order valence-electron chi connectivity index (χ4n) is 2.00. The van der Waals surface area contributed by atoms with E-state index < -0.39 is 0 Å². The summed E-state index contributed by atoms with van der Waals surface area (Å²) in [5.74, 6) is 0. The number of hydrogen-bond acceptors (Lipinski definition) is 2. The van der Waals surface area contributed by atoms with Gasteiger partial charge in [0.2, 0.25) is 0 Å². The number of unbranched alkanes of at least 4 members (excludes halogenated alkanes) is 1. The maximum Gasteiger partial charge on any atom is 0.0231 e. The van der Waals surface area contributed by atoms with Gasteiger partial charge < -0.3 is 10.2 Å². The Labute approximate surface area is 126 Å². The molecule has 0 aliphatic heterocycles. The largest absolute Gasteiger partial charge is 0.312 e. The van der Waals surface area contributed by atoms with Crippen LogP contribution in [0, 0.1) is 0 Å². The van der Waals surface area contributed by atoms with Gasteiger partial charge in [0.15, 0.2) is 0 Å². The molecule has 0 saturated heterocycles. The number of hydrogen-bond donors (Lipinski definition) is 1. The molecule has 1 rings (SSSR count). The zero-order valence-electron chi connectivity index (χ0n) is 12.7. The summed E-state index contributed by atoms with van der Waals surface area (Å²) >= 11 is 3.52. The molecule has 1 N–H and O–H groups in total. The van der Waals surface area contributed by atoms with Crippen molar-refractivity contribution in [3.8, 4) is 0 Å². The summed E-state index contributed by atoms with van der Waals surface area (Å²) < 4.78 is 1.16. The molecule has 0 radical (unpaired) electrons. The highest BCUT2D eigenvalue weighted by Gasteiger charge is 2.07. The summed E-state index contributed by atoms with van der Waals surface area (Å²) in [6, 6.07) is 8.54. The third kappa shape index (κ3) is 8.40. The second-order valence-electron chi connectivity index (χ2n) is 6.25. The molecular formula is C16H27BrN2. The van der Waals surface area contributed by atoms with E-state index in [9.17, 15) is 0 Å². The van der Waals surface area contributed by atoms with Gasteiger partial charge in [-0.2, -0.15) is 0 Å². The Bertz CT molecular complexity index is 371. The van der Waals surface area contributed by atoms with Gasteiger partial charge in [-0.15, -0.1) is 0 Å². The van der Waals surface area contributed by atoms with Crippen molar-refractivity contribution in [1.29, 1.82) is 0 Å². The van der Waals surface area contributed by atoms with Gasteiger partial charge >= 0.3 is 0 Å². The summed E-state index contributed by atoms with van der Waals surface area (Å²) in [6.07, 6.45) is 2.48. The molecule has 2 nitrogen and oxygen atoms in total. The fraction of sp³-hybridized carbons (Fsp3) is 0.625. The van der Waals surface area contributed by atoms with Crippen LogP contribution in [-0.4, -0.2) is 30.6 Å². The molecule has 0 heterocycles. The summed E-state index contributed by atoms with van der Waals surface area (Å²) in [6.45, 7) is 9.92. The van der Waals surface area contributed by atoms with Gasteiger partial charge in [-0.25, -0.2) is 0 Å². The average molecular weight is 327 g/mol. The molecule has 0 aromatic heterocycles. The Morgan fingerprint density at radius 1 is 1.21 bits per heavy atom. The summed E-state index contributed by atoms with van der Waals surface area (Å²) in [7, 11) is 2.19. The average Bonchev–Trinajstić information content (AvgIpc) is 2.26. The normalized spacial score (nSPS) is 12.1. The minimum atomic E-state index is 0.238. The second kappa shape index (κ2) is 8.03. The number of nitrogens with one attached hydrogen (secondary N) is 1. The van der Waals surface area contributed by atoms with E-state index in [4.69, 9.17) is 0 Å². The van der Waals surface area contributed by atoms with Crippen LogP contribution in [0.25, 0.3) is 0 Å². The summed E-state index contributed by atoms with van der Waals surface area (Å²) in [5, 5.41) is 3.53. The van der Waals surface area contributed by atoms with E-state index >= 15 is 0 Å². The van der Waals surface area contributed by atoms with E-state index in [0.717, 1.165) is 24.1 Å². The van der Waals surface area contributed by atoms with Gasteiger partial charge in [0, 0.05) is 16.6 Å². The van der Waals surface area contributed by atoms with Crippen LogP contribution < -0.4 is 5.32 Å². The van der Waals surface area contributed by atoms with Gasteiger partial charge in [0.05, 0.1) is 0 Å². The van der Waals surface area contributed by atoms with E-state index in [1.54, 1.807) is 0 Å². The zero-order chi connectivity index (χ0) is 14.3. The Hall–Kier alpha value is -0.380. The Morgan fingerprint density at radius 3 is 2.58 bits per heavy atom. The van der Waals surface area contributed by atoms with E-state index in [1.807, 2.05) is 0 Å². The summed E-state index contributed by atoms with van der Waals surface area (Å²) in [4.78, 5) is 2.39. The Morgan fingerprint density at radius 2 is 1.95 bits per heavy atom. The predicted molar refractivity (Wildman–Crippen MR) is 87.5 cm³/mol. The zero-order valence-corrected chi connectivity index (χ0v) is 14.3. The van der Waals surface area contributed by atoms with Crippen molar-refractivity contribution in [2.24, 2.45) is 0 Å². The number of nitrogens with zero attached hydrogens (tertiary/aromatic N) is 1. The highest BCUT2D eigenvalue weighted by Crippen LogP contribution is 2.13. The van der Waals surface area contributed by atoms with Crippen LogP contribution >= 0.6 is 15.9 Å². The Balaban J connectivity index is 2.16. The smallest absolute Gasteiger partial charge is 0.0231 e. The molecule has 0 spiro atoms. The molecule has 0 amide bonds. The van der Waals surface area contributed by atoms with Crippen molar-refractivity contribution in [3.05, 3.63) is 34.3 Å². The van der Waals surface area contributed by atoms with Gasteiger partial charge in [-0.05, 0) is 71.4 Å². The SMILES string of the molecule is CN(CCCCNC(C)(C)C)Cc1cccc(Br)c1. The maximum absolute atomic E-state index is 3.53. The highest BCUT2D eigenvalue weighted by atomic mass is 79.9. The number of rotatable bonds is 7. The van der Waals surface area contributed by atoms with Crippen molar-refractivity contribution in [3.63, 3.8) is 0 Å². The van der Waals surface area contributed by atoms with Crippen molar-refractivity contribution in [2.45, 2.75) is 45.7 Å². The number of benzene rings is 1. The van der Waals surface area contributed by atoms with Crippen LogP contribution in [0.2, 0.25) is 0 Å². The first-order valence-corrected chi connectivity index (χ1v) is 7.84. The lowest BCUT2D eigenvalue weighted by atomic mass is 10.1. The quantitative estimate of drug-likeness (QED) is 0.760. The molecule has 0 unspecified atom stereocenters. The third-order valence-corrected chi connectivity index (χ3v) is 3.46. The fourth-order valence-corrected chi connectivity index (χ4v) is 2.44. The second-order valence-corrected chi connectivity index (χ2v) is 7.17. The van der Waals surface area contributed by atoms with Crippen LogP contribution in [0.15, 0.2) is 28.7 Å². The lowest BCUT2D eigenvalue weighted by molar-refractivity contribution is 0.313. The maximum atomic E-state index is 3.53. The molecule has 108 valence electrons. The molecule has 0 bridgehead atoms. The van der Waals surface area contributed by atoms with Crippen molar-refractivity contribution in [2.75, 3.05) is 20.1 Å². The van der Waals surface area contributed by atoms with Crippen LogP contribution in [0.4, 0.5) is 0 Å². The van der Waals surface area contributed by atoms with Crippen molar-refractivity contribution < 1.29 is 0 Å². The number of halogens is 1. The molecule has 0 atom stereocenters. The van der Waals surface area contributed by atoms with Crippen LogP contribution in [-0.2, 0) is 6.54 Å². The predicted octanol–water partition coefficient (Wildman–Crippen LogP) is 4.05. The van der Waals surface area contributed by atoms with Gasteiger partial charge in [-0.1, -0.05) is 28.1 Å². The van der Waals surface area contributed by atoms with Gasteiger partial charge in [-0.3, -0.25) is 0 Å². The highest BCUT2D eigenvalue weighted by molar-refractivity contribution is 9.10. The molecule has 3 heteroatoms. The van der Waals surface area contributed by atoms with Crippen LogP contribution in [0.5, 0.6) is 0 Å². The van der Waals surface area contributed by atoms with Crippen molar-refractivity contribution >= 4 is 15.9 Å². The lowest BCUT2D eigenvalue weighted by Gasteiger charge is -2.21. The Kier molecular flexibility index (Phi) is 7.05. The molecule has 1 aromatic carbocycles. The topological polar surface area (TPSA) is 15.3 Å². The molecular weight excluding hydrogens is 300 g/mol. The molecule has 1 aromatic rings. The molecule has 0 fully saturated rings. The minimum Gasteiger partial charge on any atom is -0.312 e. The van der Waals surface area contributed by atoms with E-state index in [2.05, 4.69) is 78.2 Å². The molecule has 0 aliphatic carbocycles. The van der Waals surface area contributed by atoms with Crippen molar-refractivity contribution in [1.82, 2.24) is 10.2 Å². The summed E-state index contributed by atoms with van der Waals surface area (Å²) in [5.41, 5.74) is 1.60. The van der Waals surface area contributed by atoms with Crippen LogP contribution in [0.1, 0.15) is 39.2 Å². The molecule has 19 heavy (non-hydrogen) atoms. The van der Waals surface area contributed by atoms with E-state index in [0.29, 0.717) is 0 Å².